The third-order valence-electron chi connectivity index (χ3n) is 2.54. The lowest BCUT2D eigenvalue weighted by atomic mass is 10.2. The van der Waals surface area contributed by atoms with Crippen molar-refractivity contribution in [2.24, 2.45) is 0 Å². The van der Waals surface area contributed by atoms with Crippen LogP contribution in [0.2, 0.25) is 0 Å². The molecule has 1 aromatic rings. The molecule has 1 aromatic heterocycles. The van der Waals surface area contributed by atoms with E-state index in [0.29, 0.717) is 0 Å². The van der Waals surface area contributed by atoms with Crippen LogP contribution in [-0.4, -0.2) is 40.1 Å². The van der Waals surface area contributed by atoms with Gasteiger partial charge < -0.3 is 5.11 Å². The summed E-state index contributed by atoms with van der Waals surface area (Å²) in [6.07, 6.45) is 0.877. The van der Waals surface area contributed by atoms with Gasteiger partial charge in [0.2, 0.25) is 0 Å². The molecule has 0 saturated carbocycles. The molecule has 0 saturated heterocycles. The van der Waals surface area contributed by atoms with Crippen molar-refractivity contribution in [3.05, 3.63) is 16.1 Å². The van der Waals surface area contributed by atoms with E-state index in [1.165, 1.54) is 4.88 Å². The van der Waals surface area contributed by atoms with E-state index in [1.54, 1.807) is 11.3 Å². The number of nitrogens with zero attached hydrogens (tertiary/aromatic N) is 2. The third-order valence-corrected chi connectivity index (χ3v) is 3.53. The predicted molar refractivity (Wildman–Crippen MR) is 64.9 cm³/mol. The highest BCUT2D eigenvalue weighted by Gasteiger charge is 2.13. The molecule has 1 heterocycles. The van der Waals surface area contributed by atoms with Crippen LogP contribution in [0.15, 0.2) is 5.51 Å². The first-order valence-electron chi connectivity index (χ1n) is 5.35. The molecule has 0 atom stereocenters. The van der Waals surface area contributed by atoms with Gasteiger partial charge in [-0.3, -0.25) is 9.69 Å². The van der Waals surface area contributed by atoms with Crippen molar-refractivity contribution in [2.45, 2.75) is 33.2 Å². The maximum atomic E-state index is 10.7. The van der Waals surface area contributed by atoms with Gasteiger partial charge in [0.1, 0.15) is 0 Å². The topological polar surface area (TPSA) is 53.4 Å². The lowest BCUT2D eigenvalue weighted by Gasteiger charge is -2.24. The molecule has 0 radical (unpaired) electrons. The van der Waals surface area contributed by atoms with Gasteiger partial charge in [-0.25, -0.2) is 4.98 Å². The molecule has 0 unspecified atom stereocenters. The SMILES string of the molecule is Cc1ncsc1CCN(CC(=O)O)C(C)C. The van der Waals surface area contributed by atoms with Crippen molar-refractivity contribution < 1.29 is 9.90 Å². The van der Waals surface area contributed by atoms with E-state index in [2.05, 4.69) is 4.98 Å². The van der Waals surface area contributed by atoms with Crippen molar-refractivity contribution in [1.29, 1.82) is 0 Å². The first-order valence-corrected chi connectivity index (χ1v) is 6.23. The zero-order chi connectivity index (χ0) is 12.1. The maximum absolute atomic E-state index is 10.7. The Balaban J connectivity index is 2.50. The van der Waals surface area contributed by atoms with Gasteiger partial charge in [-0.1, -0.05) is 0 Å². The maximum Gasteiger partial charge on any atom is 0.317 e. The number of hydrogen-bond donors (Lipinski definition) is 1. The molecule has 16 heavy (non-hydrogen) atoms. The van der Waals surface area contributed by atoms with E-state index < -0.39 is 5.97 Å². The van der Waals surface area contributed by atoms with E-state index in [0.717, 1.165) is 18.7 Å². The molecule has 1 N–H and O–H groups in total. The Labute approximate surface area is 99.9 Å². The number of carboxylic acids is 1. The zero-order valence-electron chi connectivity index (χ0n) is 9.93. The first kappa shape index (κ1) is 13.1. The van der Waals surface area contributed by atoms with Gasteiger partial charge in [0.25, 0.3) is 0 Å². The molecule has 0 aliphatic carbocycles. The third kappa shape index (κ3) is 3.90. The fraction of sp³-hybridized carbons (Fsp3) is 0.636. The highest BCUT2D eigenvalue weighted by molar-refractivity contribution is 7.09. The minimum atomic E-state index is -0.769. The van der Waals surface area contributed by atoms with Gasteiger partial charge in [-0.05, 0) is 27.2 Å². The Bertz CT molecular complexity index is 350. The molecule has 0 aromatic carbocycles. The van der Waals surface area contributed by atoms with Crippen LogP contribution in [0.1, 0.15) is 24.4 Å². The molecule has 4 nitrogen and oxygen atoms in total. The van der Waals surface area contributed by atoms with Crippen LogP contribution < -0.4 is 0 Å². The van der Waals surface area contributed by atoms with Crippen molar-refractivity contribution in [3.63, 3.8) is 0 Å². The Morgan fingerprint density at radius 2 is 2.31 bits per heavy atom. The summed E-state index contributed by atoms with van der Waals surface area (Å²) in [5.74, 6) is -0.769. The summed E-state index contributed by atoms with van der Waals surface area (Å²) in [5.41, 5.74) is 2.89. The number of aliphatic carboxylic acids is 1. The van der Waals surface area contributed by atoms with Crippen LogP contribution in [0.3, 0.4) is 0 Å². The monoisotopic (exact) mass is 242 g/mol. The number of aryl methyl sites for hydroxylation is 1. The fourth-order valence-electron chi connectivity index (χ4n) is 1.50. The number of hydrogen-bond acceptors (Lipinski definition) is 4. The van der Waals surface area contributed by atoms with Crippen molar-refractivity contribution in [2.75, 3.05) is 13.1 Å². The van der Waals surface area contributed by atoms with Gasteiger partial charge >= 0.3 is 5.97 Å². The van der Waals surface area contributed by atoms with Crippen LogP contribution >= 0.6 is 11.3 Å². The minimum absolute atomic E-state index is 0.107. The molecule has 0 spiro atoms. The summed E-state index contributed by atoms with van der Waals surface area (Å²) in [7, 11) is 0. The molecular formula is C11H18N2O2S. The Morgan fingerprint density at radius 3 is 2.75 bits per heavy atom. The summed E-state index contributed by atoms with van der Waals surface area (Å²) >= 11 is 1.64. The summed E-state index contributed by atoms with van der Waals surface area (Å²) < 4.78 is 0. The zero-order valence-corrected chi connectivity index (χ0v) is 10.8. The molecular weight excluding hydrogens is 224 g/mol. The summed E-state index contributed by atoms with van der Waals surface area (Å²) in [6, 6.07) is 0.254. The average molecular weight is 242 g/mol. The van der Waals surface area contributed by atoms with Crippen LogP contribution in [0.25, 0.3) is 0 Å². The van der Waals surface area contributed by atoms with Gasteiger partial charge in [0.15, 0.2) is 0 Å². The molecule has 0 fully saturated rings. The van der Waals surface area contributed by atoms with Crippen LogP contribution in [0.4, 0.5) is 0 Å². The van der Waals surface area contributed by atoms with E-state index in [4.69, 9.17) is 5.11 Å². The lowest BCUT2D eigenvalue weighted by molar-refractivity contribution is -0.138. The quantitative estimate of drug-likeness (QED) is 0.826. The molecule has 0 bridgehead atoms. The van der Waals surface area contributed by atoms with Gasteiger partial charge in [-0.2, -0.15) is 0 Å². The standard InChI is InChI=1S/C11H18N2O2S/c1-8(2)13(6-11(14)15)5-4-10-9(3)12-7-16-10/h7-8H,4-6H2,1-3H3,(H,14,15). The molecule has 90 valence electrons. The molecule has 0 aliphatic rings. The van der Waals surface area contributed by atoms with Crippen LogP contribution in [0.5, 0.6) is 0 Å². The Morgan fingerprint density at radius 1 is 1.62 bits per heavy atom. The van der Waals surface area contributed by atoms with E-state index in [-0.39, 0.29) is 12.6 Å². The number of rotatable bonds is 6. The number of thiazole rings is 1. The van der Waals surface area contributed by atoms with E-state index in [1.807, 2.05) is 31.2 Å². The summed E-state index contributed by atoms with van der Waals surface area (Å²) in [5, 5.41) is 8.79. The van der Waals surface area contributed by atoms with Gasteiger partial charge in [0, 0.05) is 17.5 Å². The van der Waals surface area contributed by atoms with Crippen LogP contribution in [-0.2, 0) is 11.2 Å². The highest BCUT2D eigenvalue weighted by atomic mass is 32.1. The fourth-order valence-corrected chi connectivity index (χ4v) is 2.28. The van der Waals surface area contributed by atoms with E-state index >= 15 is 0 Å². The van der Waals surface area contributed by atoms with Crippen LogP contribution in [0, 0.1) is 6.92 Å². The largest absolute Gasteiger partial charge is 0.480 e. The van der Waals surface area contributed by atoms with Crippen molar-refractivity contribution >= 4 is 17.3 Å². The smallest absolute Gasteiger partial charge is 0.317 e. The number of carbonyl (C=O) groups is 1. The van der Waals surface area contributed by atoms with Gasteiger partial charge in [0.05, 0.1) is 17.7 Å². The predicted octanol–water partition coefficient (Wildman–Crippen LogP) is 1.79. The second kappa shape index (κ2) is 5.96. The average Bonchev–Trinajstić information content (AvgIpc) is 2.57. The summed E-state index contributed by atoms with van der Waals surface area (Å²) in [4.78, 5) is 18.1. The second-order valence-corrected chi connectivity index (χ2v) is 5.01. The van der Waals surface area contributed by atoms with Crippen molar-refractivity contribution in [3.8, 4) is 0 Å². The van der Waals surface area contributed by atoms with Crippen molar-refractivity contribution in [1.82, 2.24) is 9.88 Å². The Kier molecular flexibility index (Phi) is 4.89. The first-order chi connectivity index (χ1) is 7.50. The van der Waals surface area contributed by atoms with E-state index in [9.17, 15) is 4.79 Å². The Hall–Kier alpha value is -0.940. The van der Waals surface area contributed by atoms with Gasteiger partial charge in [-0.15, -0.1) is 11.3 Å². The summed E-state index contributed by atoms with van der Waals surface area (Å²) in [6.45, 7) is 6.90. The number of carboxylic acid groups (broad SMARTS) is 1. The lowest BCUT2D eigenvalue weighted by Crippen LogP contribution is -2.37. The normalized spacial score (nSPS) is 11.3. The highest BCUT2D eigenvalue weighted by Crippen LogP contribution is 2.13. The molecule has 1 rings (SSSR count). The molecule has 0 amide bonds. The minimum Gasteiger partial charge on any atom is -0.480 e. The second-order valence-electron chi connectivity index (χ2n) is 4.07. The number of aromatic nitrogens is 1. The molecule has 0 aliphatic heterocycles. The molecule has 5 heteroatoms.